The summed E-state index contributed by atoms with van der Waals surface area (Å²) < 4.78 is 0. The van der Waals surface area contributed by atoms with Gasteiger partial charge in [-0.25, -0.2) is 0 Å². The first kappa shape index (κ1) is 24.9. The van der Waals surface area contributed by atoms with E-state index in [0.717, 1.165) is 64.6 Å². The van der Waals surface area contributed by atoms with Gasteiger partial charge < -0.3 is 15.5 Å². The first-order valence-corrected chi connectivity index (χ1v) is 11.3. The number of rotatable bonds is 9. The quantitative estimate of drug-likeness (QED) is 0.224. The largest absolute Gasteiger partial charge is 0.357 e. The van der Waals surface area contributed by atoms with Crippen molar-refractivity contribution in [3.05, 3.63) is 35.4 Å². The minimum absolute atomic E-state index is 0. The fourth-order valence-corrected chi connectivity index (χ4v) is 4.21. The number of hydrogen-bond donors (Lipinski definition) is 2. The van der Waals surface area contributed by atoms with Crippen LogP contribution < -0.4 is 10.6 Å². The topological polar surface area (TPSA) is 60.0 Å². The molecular weight excluding hydrogens is 489 g/mol. The van der Waals surface area contributed by atoms with Crippen LogP contribution in [-0.4, -0.2) is 67.5 Å². The van der Waals surface area contributed by atoms with Crippen molar-refractivity contribution >= 4 is 35.8 Å². The fourth-order valence-electron chi connectivity index (χ4n) is 4.21. The molecule has 30 heavy (non-hydrogen) atoms. The lowest BCUT2D eigenvalue weighted by Gasteiger charge is -2.27. The Hall–Kier alpha value is -1.35. The number of carbonyl (C=O) groups is 1. The van der Waals surface area contributed by atoms with Crippen LogP contribution in [-0.2, 0) is 4.79 Å². The number of benzene rings is 1. The summed E-state index contributed by atoms with van der Waals surface area (Å²) in [6.07, 6.45) is 5.23. The highest BCUT2D eigenvalue weighted by Crippen LogP contribution is 2.25. The molecule has 2 aliphatic heterocycles. The molecule has 2 saturated heterocycles. The number of amides is 1. The summed E-state index contributed by atoms with van der Waals surface area (Å²) in [6, 6.07) is 9.23. The second-order valence-electron chi connectivity index (χ2n) is 8.15. The predicted molar refractivity (Wildman–Crippen MR) is 135 cm³/mol. The molecular formula is C23H38IN5O. The van der Waals surface area contributed by atoms with Crippen LogP contribution in [0.25, 0.3) is 0 Å². The van der Waals surface area contributed by atoms with E-state index in [4.69, 9.17) is 4.99 Å². The Labute approximate surface area is 198 Å². The molecule has 2 aliphatic rings. The van der Waals surface area contributed by atoms with Crippen LogP contribution in [0.15, 0.2) is 29.3 Å². The van der Waals surface area contributed by atoms with Crippen LogP contribution in [0.2, 0.25) is 0 Å². The minimum Gasteiger partial charge on any atom is -0.357 e. The van der Waals surface area contributed by atoms with E-state index in [2.05, 4.69) is 53.6 Å². The Morgan fingerprint density at radius 3 is 2.47 bits per heavy atom. The van der Waals surface area contributed by atoms with E-state index in [1.807, 2.05) is 4.90 Å². The van der Waals surface area contributed by atoms with Crippen molar-refractivity contribution in [2.45, 2.75) is 52.0 Å². The van der Waals surface area contributed by atoms with Crippen LogP contribution in [0.5, 0.6) is 0 Å². The van der Waals surface area contributed by atoms with Crippen molar-refractivity contribution in [2.24, 2.45) is 4.99 Å². The minimum atomic E-state index is 0. The molecule has 1 atom stereocenters. The molecule has 1 aromatic carbocycles. The summed E-state index contributed by atoms with van der Waals surface area (Å²) in [5.41, 5.74) is 2.65. The standard InChI is InChI=1S/C23H37N5O.HI/c1-3-24-23(25-13-7-17-28-16-6-8-22(28)29)26-18-21(27-14-4-5-15-27)20-11-9-19(2)10-12-20;/h9-12,21H,3-8,13-18H2,1-2H3,(H2,24,25,26);1H. The molecule has 6 nitrogen and oxygen atoms in total. The summed E-state index contributed by atoms with van der Waals surface area (Å²) in [4.78, 5) is 21.2. The molecule has 2 fully saturated rings. The smallest absolute Gasteiger partial charge is 0.222 e. The van der Waals surface area contributed by atoms with Crippen molar-refractivity contribution < 1.29 is 4.79 Å². The molecule has 2 N–H and O–H groups in total. The number of carbonyl (C=O) groups excluding carboxylic acids is 1. The number of hydrogen-bond acceptors (Lipinski definition) is 3. The van der Waals surface area contributed by atoms with E-state index in [1.165, 1.54) is 24.0 Å². The number of likely N-dealkylation sites (tertiary alicyclic amines) is 2. The van der Waals surface area contributed by atoms with Gasteiger partial charge in [0.15, 0.2) is 5.96 Å². The number of nitrogens with zero attached hydrogens (tertiary/aromatic N) is 3. The highest BCUT2D eigenvalue weighted by atomic mass is 127. The lowest BCUT2D eigenvalue weighted by Crippen LogP contribution is -2.39. The third kappa shape index (κ3) is 7.41. The summed E-state index contributed by atoms with van der Waals surface area (Å²) in [5.74, 6) is 1.17. The Kier molecular flexibility index (Phi) is 10.9. The van der Waals surface area contributed by atoms with E-state index < -0.39 is 0 Å². The van der Waals surface area contributed by atoms with Crippen molar-refractivity contribution in [2.75, 3.05) is 45.8 Å². The van der Waals surface area contributed by atoms with E-state index in [0.29, 0.717) is 18.4 Å². The second kappa shape index (κ2) is 13.1. The van der Waals surface area contributed by atoms with Gasteiger partial charge in [0.1, 0.15) is 0 Å². The van der Waals surface area contributed by atoms with Crippen LogP contribution >= 0.6 is 24.0 Å². The molecule has 1 unspecified atom stereocenters. The monoisotopic (exact) mass is 527 g/mol. The third-order valence-electron chi connectivity index (χ3n) is 5.88. The van der Waals surface area contributed by atoms with Gasteiger partial charge in [0.25, 0.3) is 0 Å². The summed E-state index contributed by atoms with van der Waals surface area (Å²) in [7, 11) is 0. The maximum atomic E-state index is 11.7. The number of aliphatic imine (C=N–C) groups is 1. The van der Waals surface area contributed by atoms with Gasteiger partial charge in [-0.3, -0.25) is 14.7 Å². The van der Waals surface area contributed by atoms with E-state index in [1.54, 1.807) is 0 Å². The molecule has 0 radical (unpaired) electrons. The SMILES string of the molecule is CCNC(=NCC(c1ccc(C)cc1)N1CCCC1)NCCCN1CCCC1=O.I. The molecule has 3 rings (SSSR count). The maximum Gasteiger partial charge on any atom is 0.222 e. The van der Waals surface area contributed by atoms with Gasteiger partial charge in [0.05, 0.1) is 12.6 Å². The molecule has 7 heteroatoms. The van der Waals surface area contributed by atoms with Crippen molar-refractivity contribution in [3.8, 4) is 0 Å². The van der Waals surface area contributed by atoms with Gasteiger partial charge in [0.2, 0.25) is 5.91 Å². The van der Waals surface area contributed by atoms with Crippen molar-refractivity contribution in [1.29, 1.82) is 0 Å². The molecule has 0 bridgehead atoms. The Balaban J connectivity index is 0.00000320. The number of guanidine groups is 1. The molecule has 1 amide bonds. The molecule has 168 valence electrons. The highest BCUT2D eigenvalue weighted by molar-refractivity contribution is 14.0. The van der Waals surface area contributed by atoms with Gasteiger partial charge in [-0.2, -0.15) is 0 Å². The number of aryl methyl sites for hydroxylation is 1. The summed E-state index contributed by atoms with van der Waals surface area (Å²) in [5, 5.41) is 6.81. The zero-order valence-corrected chi connectivity index (χ0v) is 20.9. The molecule has 2 heterocycles. The van der Waals surface area contributed by atoms with Gasteiger partial charge >= 0.3 is 0 Å². The molecule has 1 aromatic rings. The number of nitrogens with one attached hydrogen (secondary N) is 2. The molecule has 0 aromatic heterocycles. The van der Waals surface area contributed by atoms with E-state index in [9.17, 15) is 4.79 Å². The van der Waals surface area contributed by atoms with Crippen LogP contribution in [0, 0.1) is 6.92 Å². The highest BCUT2D eigenvalue weighted by Gasteiger charge is 2.23. The predicted octanol–water partition coefficient (Wildman–Crippen LogP) is 3.32. The second-order valence-corrected chi connectivity index (χ2v) is 8.15. The molecule has 0 aliphatic carbocycles. The first-order chi connectivity index (χ1) is 14.2. The zero-order chi connectivity index (χ0) is 20.5. The molecule has 0 saturated carbocycles. The van der Waals surface area contributed by atoms with Gasteiger partial charge in [-0.05, 0) is 58.2 Å². The van der Waals surface area contributed by atoms with E-state index in [-0.39, 0.29) is 24.0 Å². The van der Waals surface area contributed by atoms with Gasteiger partial charge in [-0.15, -0.1) is 24.0 Å². The normalized spacial score (nSPS) is 18.4. The van der Waals surface area contributed by atoms with E-state index >= 15 is 0 Å². The average molecular weight is 527 g/mol. The van der Waals surface area contributed by atoms with Gasteiger partial charge in [0, 0.05) is 32.6 Å². The van der Waals surface area contributed by atoms with Gasteiger partial charge in [-0.1, -0.05) is 29.8 Å². The first-order valence-electron chi connectivity index (χ1n) is 11.3. The van der Waals surface area contributed by atoms with Crippen molar-refractivity contribution in [3.63, 3.8) is 0 Å². The maximum absolute atomic E-state index is 11.7. The van der Waals surface area contributed by atoms with Crippen LogP contribution in [0.4, 0.5) is 0 Å². The number of halogens is 1. The van der Waals surface area contributed by atoms with Crippen LogP contribution in [0.1, 0.15) is 56.2 Å². The Morgan fingerprint density at radius 1 is 1.10 bits per heavy atom. The lowest BCUT2D eigenvalue weighted by atomic mass is 10.0. The van der Waals surface area contributed by atoms with Crippen molar-refractivity contribution in [1.82, 2.24) is 20.4 Å². The fraction of sp³-hybridized carbons (Fsp3) is 0.652. The average Bonchev–Trinajstić information content (AvgIpc) is 3.39. The zero-order valence-electron chi connectivity index (χ0n) is 18.5. The lowest BCUT2D eigenvalue weighted by molar-refractivity contribution is -0.127. The van der Waals surface area contributed by atoms with Crippen LogP contribution in [0.3, 0.4) is 0 Å². The Morgan fingerprint density at radius 2 is 1.83 bits per heavy atom. The Bertz CT molecular complexity index is 673. The third-order valence-corrected chi connectivity index (χ3v) is 5.88. The summed E-state index contributed by atoms with van der Waals surface area (Å²) >= 11 is 0. The molecule has 0 spiro atoms. The summed E-state index contributed by atoms with van der Waals surface area (Å²) in [6.45, 7) is 10.7.